The van der Waals surface area contributed by atoms with E-state index < -0.39 is 12.4 Å². The predicted octanol–water partition coefficient (Wildman–Crippen LogP) is 3.43. The van der Waals surface area contributed by atoms with Crippen molar-refractivity contribution in [2.45, 2.75) is 38.3 Å². The van der Waals surface area contributed by atoms with Crippen LogP contribution in [-0.4, -0.2) is 28.7 Å². The SMILES string of the molecule is CC1CCC(O)C(Oc2ccc3c(=O)c(-c4ccc(O)cc4)coc3c2)O1. The molecule has 140 valence electrons. The average Bonchev–Trinajstić information content (AvgIpc) is 2.66. The van der Waals surface area contributed by atoms with Crippen LogP contribution in [0.25, 0.3) is 22.1 Å². The van der Waals surface area contributed by atoms with Gasteiger partial charge in [-0.05, 0) is 49.6 Å². The first kappa shape index (κ1) is 17.6. The molecule has 2 heterocycles. The Kier molecular flexibility index (Phi) is 4.59. The summed E-state index contributed by atoms with van der Waals surface area (Å²) < 4.78 is 17.0. The zero-order valence-electron chi connectivity index (χ0n) is 14.8. The van der Waals surface area contributed by atoms with Gasteiger partial charge >= 0.3 is 0 Å². The first-order chi connectivity index (χ1) is 13.0. The number of fused-ring (bicyclic) bond motifs is 1. The van der Waals surface area contributed by atoms with Crippen LogP contribution < -0.4 is 10.2 Å². The van der Waals surface area contributed by atoms with Crippen LogP contribution in [0.1, 0.15) is 19.8 Å². The molecule has 2 N–H and O–H groups in total. The summed E-state index contributed by atoms with van der Waals surface area (Å²) in [6.07, 6.45) is 1.38. The number of rotatable bonds is 3. The Morgan fingerprint density at radius 1 is 1.11 bits per heavy atom. The molecule has 1 aliphatic rings. The van der Waals surface area contributed by atoms with Gasteiger partial charge in [-0.25, -0.2) is 0 Å². The molecule has 0 amide bonds. The minimum Gasteiger partial charge on any atom is -0.508 e. The summed E-state index contributed by atoms with van der Waals surface area (Å²) in [6.45, 7) is 1.94. The molecule has 6 heteroatoms. The van der Waals surface area contributed by atoms with Gasteiger partial charge in [-0.2, -0.15) is 0 Å². The standard InChI is InChI=1S/C21H20O6/c1-12-2-9-18(23)21(26-12)27-15-7-8-16-19(10-15)25-11-17(20(16)24)13-3-5-14(22)6-4-13/h3-8,10-12,18,21-23H,2,9H2,1H3. The van der Waals surface area contributed by atoms with Crippen molar-refractivity contribution in [2.24, 2.45) is 0 Å². The van der Waals surface area contributed by atoms with Crippen LogP contribution in [0.3, 0.4) is 0 Å². The molecule has 1 fully saturated rings. The minimum absolute atomic E-state index is 0.0182. The van der Waals surface area contributed by atoms with Gasteiger partial charge in [0.1, 0.15) is 29.4 Å². The second-order valence-corrected chi connectivity index (χ2v) is 6.76. The monoisotopic (exact) mass is 368 g/mol. The molecule has 0 radical (unpaired) electrons. The highest BCUT2D eigenvalue weighted by Crippen LogP contribution is 2.27. The quantitative estimate of drug-likeness (QED) is 0.736. The van der Waals surface area contributed by atoms with Crippen molar-refractivity contribution in [3.05, 3.63) is 59.0 Å². The van der Waals surface area contributed by atoms with Crippen molar-refractivity contribution in [1.29, 1.82) is 0 Å². The van der Waals surface area contributed by atoms with E-state index in [9.17, 15) is 15.0 Å². The van der Waals surface area contributed by atoms with E-state index in [-0.39, 0.29) is 17.3 Å². The summed E-state index contributed by atoms with van der Waals surface area (Å²) in [4.78, 5) is 12.8. The van der Waals surface area contributed by atoms with Crippen LogP contribution in [0, 0.1) is 0 Å². The molecule has 4 rings (SSSR count). The fourth-order valence-electron chi connectivity index (χ4n) is 3.19. The summed E-state index contributed by atoms with van der Waals surface area (Å²) in [5.41, 5.74) is 1.29. The van der Waals surface area contributed by atoms with E-state index in [4.69, 9.17) is 13.9 Å². The molecule has 1 aromatic heterocycles. The minimum atomic E-state index is -0.741. The Bertz CT molecular complexity index is 1010. The summed E-state index contributed by atoms with van der Waals surface area (Å²) in [5, 5.41) is 19.9. The molecule has 0 saturated carbocycles. The lowest BCUT2D eigenvalue weighted by Gasteiger charge is -2.32. The third kappa shape index (κ3) is 3.54. The summed E-state index contributed by atoms with van der Waals surface area (Å²) >= 11 is 0. The fourth-order valence-corrected chi connectivity index (χ4v) is 3.19. The Morgan fingerprint density at radius 2 is 1.89 bits per heavy atom. The highest BCUT2D eigenvalue weighted by atomic mass is 16.7. The van der Waals surface area contributed by atoms with Crippen LogP contribution in [0.5, 0.6) is 11.5 Å². The molecule has 3 atom stereocenters. The van der Waals surface area contributed by atoms with Crippen LogP contribution in [0.2, 0.25) is 0 Å². The van der Waals surface area contributed by atoms with Gasteiger partial charge in [-0.3, -0.25) is 4.79 Å². The first-order valence-electron chi connectivity index (χ1n) is 8.86. The molecule has 1 aliphatic heterocycles. The maximum atomic E-state index is 12.8. The van der Waals surface area contributed by atoms with Crippen molar-refractivity contribution in [1.82, 2.24) is 0 Å². The maximum absolute atomic E-state index is 12.8. The molecular weight excluding hydrogens is 348 g/mol. The van der Waals surface area contributed by atoms with Crippen molar-refractivity contribution >= 4 is 11.0 Å². The van der Waals surface area contributed by atoms with E-state index in [1.165, 1.54) is 18.4 Å². The lowest BCUT2D eigenvalue weighted by molar-refractivity contribution is -0.196. The first-order valence-corrected chi connectivity index (χ1v) is 8.86. The van der Waals surface area contributed by atoms with Gasteiger partial charge in [0.15, 0.2) is 5.43 Å². The van der Waals surface area contributed by atoms with Gasteiger partial charge in [0, 0.05) is 6.07 Å². The van der Waals surface area contributed by atoms with E-state index in [1.807, 2.05) is 6.92 Å². The topological polar surface area (TPSA) is 89.1 Å². The molecule has 27 heavy (non-hydrogen) atoms. The molecule has 0 aliphatic carbocycles. The summed E-state index contributed by atoms with van der Waals surface area (Å²) in [6, 6.07) is 11.3. The fraction of sp³-hybridized carbons (Fsp3) is 0.286. The van der Waals surface area contributed by atoms with Gasteiger partial charge in [0.2, 0.25) is 6.29 Å². The van der Waals surface area contributed by atoms with E-state index in [0.717, 1.165) is 6.42 Å². The summed E-state index contributed by atoms with van der Waals surface area (Å²) in [7, 11) is 0. The van der Waals surface area contributed by atoms with Gasteiger partial charge in [0.05, 0.1) is 17.1 Å². The van der Waals surface area contributed by atoms with Gasteiger partial charge in [0.25, 0.3) is 0 Å². The molecule has 6 nitrogen and oxygen atoms in total. The van der Waals surface area contributed by atoms with Crippen molar-refractivity contribution < 1.29 is 24.1 Å². The molecule has 2 aromatic carbocycles. The summed E-state index contributed by atoms with van der Waals surface area (Å²) in [5.74, 6) is 0.591. The normalized spacial score (nSPS) is 22.7. The zero-order valence-corrected chi connectivity index (χ0v) is 14.8. The number of phenolic OH excluding ortho intramolecular Hbond substituents is 1. The van der Waals surface area contributed by atoms with Crippen molar-refractivity contribution in [3.8, 4) is 22.6 Å². The number of ether oxygens (including phenoxy) is 2. The zero-order chi connectivity index (χ0) is 19.0. The predicted molar refractivity (Wildman–Crippen MR) is 99.8 cm³/mol. The molecule has 0 spiro atoms. The largest absolute Gasteiger partial charge is 0.508 e. The third-order valence-corrected chi connectivity index (χ3v) is 4.73. The van der Waals surface area contributed by atoms with Crippen LogP contribution in [0.4, 0.5) is 0 Å². The number of hydrogen-bond acceptors (Lipinski definition) is 6. The Balaban J connectivity index is 1.65. The smallest absolute Gasteiger partial charge is 0.226 e. The third-order valence-electron chi connectivity index (χ3n) is 4.73. The van der Waals surface area contributed by atoms with Gasteiger partial charge in [-0.1, -0.05) is 12.1 Å². The molecule has 3 unspecified atom stereocenters. The van der Waals surface area contributed by atoms with Crippen molar-refractivity contribution in [2.75, 3.05) is 0 Å². The van der Waals surface area contributed by atoms with E-state index in [2.05, 4.69) is 0 Å². The Hall–Kier alpha value is -2.83. The molecular formula is C21H20O6. The second-order valence-electron chi connectivity index (χ2n) is 6.76. The molecule has 0 bridgehead atoms. The second kappa shape index (κ2) is 7.06. The number of aliphatic hydroxyl groups excluding tert-OH is 1. The van der Waals surface area contributed by atoms with Crippen molar-refractivity contribution in [3.63, 3.8) is 0 Å². The average molecular weight is 368 g/mol. The van der Waals surface area contributed by atoms with E-state index in [0.29, 0.717) is 34.3 Å². The van der Waals surface area contributed by atoms with Crippen LogP contribution in [-0.2, 0) is 4.74 Å². The lowest BCUT2D eigenvalue weighted by Crippen LogP contribution is -2.41. The van der Waals surface area contributed by atoms with E-state index >= 15 is 0 Å². The lowest BCUT2D eigenvalue weighted by atomic mass is 10.1. The van der Waals surface area contributed by atoms with Gasteiger partial charge < -0.3 is 24.1 Å². The number of aliphatic hydroxyl groups is 1. The highest BCUT2D eigenvalue weighted by molar-refractivity contribution is 5.82. The van der Waals surface area contributed by atoms with Gasteiger partial charge in [-0.15, -0.1) is 0 Å². The Labute approximate surface area is 155 Å². The number of aromatic hydroxyl groups is 1. The number of hydrogen-bond donors (Lipinski definition) is 2. The number of phenols is 1. The molecule has 1 saturated heterocycles. The Morgan fingerprint density at radius 3 is 2.67 bits per heavy atom. The number of benzene rings is 2. The van der Waals surface area contributed by atoms with E-state index in [1.54, 1.807) is 30.3 Å². The molecule has 3 aromatic rings. The van der Waals surface area contributed by atoms with Crippen LogP contribution >= 0.6 is 0 Å². The highest BCUT2D eigenvalue weighted by Gasteiger charge is 2.29. The maximum Gasteiger partial charge on any atom is 0.226 e. The van der Waals surface area contributed by atoms with Crippen LogP contribution in [0.15, 0.2) is 57.9 Å².